The third kappa shape index (κ3) is 1.84. The zero-order valence-corrected chi connectivity index (χ0v) is 7.69. The molecular formula is C7H6ClNO2S. The summed E-state index contributed by atoms with van der Waals surface area (Å²) >= 11 is 6.60. The molecule has 0 aliphatic rings. The van der Waals surface area contributed by atoms with Gasteiger partial charge >= 0.3 is 5.00 Å². The van der Waals surface area contributed by atoms with Crippen LogP contribution in [0.25, 0.3) is 5.57 Å². The topological polar surface area (TPSA) is 43.1 Å². The van der Waals surface area contributed by atoms with Crippen LogP contribution >= 0.6 is 22.9 Å². The molecule has 0 aliphatic heterocycles. The van der Waals surface area contributed by atoms with Crippen LogP contribution in [0.1, 0.15) is 4.88 Å². The summed E-state index contributed by atoms with van der Waals surface area (Å²) in [5.41, 5.74) is 0.717. The summed E-state index contributed by atoms with van der Waals surface area (Å²) < 4.78 is 0. The van der Waals surface area contributed by atoms with Crippen LogP contribution in [0, 0.1) is 10.1 Å². The highest BCUT2D eigenvalue weighted by Gasteiger charge is 2.10. The van der Waals surface area contributed by atoms with Gasteiger partial charge in [0, 0.05) is 16.8 Å². The molecule has 0 aromatic carbocycles. The van der Waals surface area contributed by atoms with Gasteiger partial charge in [0.05, 0.1) is 4.92 Å². The van der Waals surface area contributed by atoms with E-state index in [-0.39, 0.29) is 5.00 Å². The highest BCUT2D eigenvalue weighted by molar-refractivity contribution is 7.16. The van der Waals surface area contributed by atoms with E-state index in [9.17, 15) is 10.1 Å². The van der Waals surface area contributed by atoms with Gasteiger partial charge in [-0.05, 0) is 11.6 Å². The van der Waals surface area contributed by atoms with Crippen LogP contribution < -0.4 is 0 Å². The normalized spacial score (nSPS) is 9.75. The van der Waals surface area contributed by atoms with E-state index < -0.39 is 4.92 Å². The lowest BCUT2D eigenvalue weighted by molar-refractivity contribution is -0.380. The van der Waals surface area contributed by atoms with E-state index in [0.717, 1.165) is 21.8 Å². The smallest absolute Gasteiger partial charge is 0.258 e. The van der Waals surface area contributed by atoms with Crippen molar-refractivity contribution in [1.82, 2.24) is 0 Å². The summed E-state index contributed by atoms with van der Waals surface area (Å²) in [7, 11) is 0. The maximum atomic E-state index is 10.3. The van der Waals surface area contributed by atoms with Crippen molar-refractivity contribution in [1.29, 1.82) is 0 Å². The van der Waals surface area contributed by atoms with Gasteiger partial charge in [-0.3, -0.25) is 10.1 Å². The van der Waals surface area contributed by atoms with Gasteiger partial charge in [-0.25, -0.2) is 0 Å². The SMILES string of the molecule is C=C(CCl)c1ccc([N+](=O)[O-])s1. The summed E-state index contributed by atoms with van der Waals surface area (Å²) in [4.78, 5) is 10.6. The molecule has 3 nitrogen and oxygen atoms in total. The Hall–Kier alpha value is -0.870. The third-order valence-corrected chi connectivity index (χ3v) is 2.74. The Morgan fingerprint density at radius 3 is 2.83 bits per heavy atom. The highest BCUT2D eigenvalue weighted by atomic mass is 35.5. The zero-order chi connectivity index (χ0) is 9.14. The monoisotopic (exact) mass is 203 g/mol. The minimum Gasteiger partial charge on any atom is -0.258 e. The number of nitro groups is 1. The Morgan fingerprint density at radius 1 is 1.75 bits per heavy atom. The molecule has 0 N–H and O–H groups in total. The lowest BCUT2D eigenvalue weighted by Gasteiger charge is -1.91. The van der Waals surface area contributed by atoms with Gasteiger partial charge in [-0.2, -0.15) is 0 Å². The maximum absolute atomic E-state index is 10.3. The van der Waals surface area contributed by atoms with Crippen LogP contribution in [0.5, 0.6) is 0 Å². The number of nitrogens with zero attached hydrogens (tertiary/aromatic N) is 1. The van der Waals surface area contributed by atoms with Crippen LogP contribution in [0.3, 0.4) is 0 Å². The van der Waals surface area contributed by atoms with Crippen LogP contribution in [-0.2, 0) is 0 Å². The van der Waals surface area contributed by atoms with Gasteiger partial charge < -0.3 is 0 Å². The second kappa shape index (κ2) is 3.69. The average molecular weight is 204 g/mol. The zero-order valence-electron chi connectivity index (χ0n) is 6.12. The lowest BCUT2D eigenvalue weighted by atomic mass is 10.3. The number of thiophene rings is 1. The Bertz CT molecular complexity index is 321. The van der Waals surface area contributed by atoms with Crippen molar-refractivity contribution in [3.8, 4) is 0 Å². The fourth-order valence-corrected chi connectivity index (χ4v) is 1.69. The van der Waals surface area contributed by atoms with Crippen molar-refractivity contribution < 1.29 is 4.92 Å². The van der Waals surface area contributed by atoms with Crippen molar-refractivity contribution in [2.45, 2.75) is 0 Å². The van der Waals surface area contributed by atoms with Crippen molar-refractivity contribution in [3.63, 3.8) is 0 Å². The fourth-order valence-electron chi connectivity index (χ4n) is 0.682. The standard InChI is InChI=1S/C7H6ClNO2S/c1-5(4-8)6-2-3-7(12-6)9(10)11/h2-3H,1,4H2. The number of alkyl halides is 1. The molecule has 1 heterocycles. The Morgan fingerprint density at radius 2 is 2.42 bits per heavy atom. The largest absolute Gasteiger partial charge is 0.324 e. The first-order valence-electron chi connectivity index (χ1n) is 3.13. The molecule has 1 aromatic heterocycles. The molecule has 0 spiro atoms. The molecule has 0 atom stereocenters. The third-order valence-electron chi connectivity index (χ3n) is 1.28. The van der Waals surface area contributed by atoms with Crippen molar-refractivity contribution in [2.24, 2.45) is 0 Å². The van der Waals surface area contributed by atoms with E-state index in [1.165, 1.54) is 6.07 Å². The van der Waals surface area contributed by atoms with Crippen LogP contribution in [0.4, 0.5) is 5.00 Å². The average Bonchev–Trinajstić information content (AvgIpc) is 2.51. The quantitative estimate of drug-likeness (QED) is 0.431. The van der Waals surface area contributed by atoms with Crippen LogP contribution in [-0.4, -0.2) is 10.8 Å². The molecule has 0 bridgehead atoms. The minimum atomic E-state index is -0.421. The molecule has 12 heavy (non-hydrogen) atoms. The second-order valence-corrected chi connectivity index (χ2v) is 3.46. The molecule has 0 aliphatic carbocycles. The first-order valence-corrected chi connectivity index (χ1v) is 4.48. The van der Waals surface area contributed by atoms with E-state index in [1.807, 2.05) is 0 Å². The first kappa shape index (κ1) is 9.22. The van der Waals surface area contributed by atoms with E-state index in [1.54, 1.807) is 6.07 Å². The molecule has 1 rings (SSSR count). The molecule has 0 radical (unpaired) electrons. The second-order valence-electron chi connectivity index (χ2n) is 2.13. The van der Waals surface area contributed by atoms with Gasteiger partial charge in [0.1, 0.15) is 0 Å². The molecule has 0 saturated carbocycles. The van der Waals surface area contributed by atoms with Gasteiger partial charge in [-0.1, -0.05) is 17.9 Å². The van der Waals surface area contributed by atoms with E-state index in [2.05, 4.69) is 6.58 Å². The van der Waals surface area contributed by atoms with Crippen molar-refractivity contribution >= 4 is 33.5 Å². The molecule has 1 aromatic rings. The summed E-state index contributed by atoms with van der Waals surface area (Å²) in [6.45, 7) is 3.67. The van der Waals surface area contributed by atoms with Crippen molar-refractivity contribution in [2.75, 3.05) is 5.88 Å². The molecular weight excluding hydrogens is 198 g/mol. The van der Waals surface area contributed by atoms with Gasteiger partial charge in [0.25, 0.3) is 0 Å². The highest BCUT2D eigenvalue weighted by Crippen LogP contribution is 2.28. The Kier molecular flexibility index (Phi) is 2.83. The van der Waals surface area contributed by atoms with E-state index in [4.69, 9.17) is 11.6 Å². The number of hydrogen-bond donors (Lipinski definition) is 0. The van der Waals surface area contributed by atoms with Crippen LogP contribution in [0.15, 0.2) is 18.7 Å². The summed E-state index contributed by atoms with van der Waals surface area (Å²) in [5.74, 6) is 0.303. The summed E-state index contributed by atoms with van der Waals surface area (Å²) in [6.07, 6.45) is 0. The fraction of sp³-hybridized carbons (Fsp3) is 0.143. The summed E-state index contributed by atoms with van der Waals surface area (Å²) in [6, 6.07) is 3.12. The predicted octanol–water partition coefficient (Wildman–Crippen LogP) is 2.91. The van der Waals surface area contributed by atoms with Crippen molar-refractivity contribution in [3.05, 3.63) is 33.7 Å². The maximum Gasteiger partial charge on any atom is 0.324 e. The molecule has 0 saturated heterocycles. The molecule has 5 heteroatoms. The number of allylic oxidation sites excluding steroid dienone is 1. The molecule has 64 valence electrons. The van der Waals surface area contributed by atoms with Gasteiger partial charge in [0.15, 0.2) is 0 Å². The Balaban J connectivity index is 2.91. The first-order chi connectivity index (χ1) is 5.65. The van der Waals surface area contributed by atoms with E-state index in [0.29, 0.717) is 5.88 Å². The molecule has 0 unspecified atom stereocenters. The van der Waals surface area contributed by atoms with Gasteiger partial charge in [0.2, 0.25) is 0 Å². The van der Waals surface area contributed by atoms with Crippen LogP contribution in [0.2, 0.25) is 0 Å². The number of halogens is 1. The van der Waals surface area contributed by atoms with E-state index >= 15 is 0 Å². The lowest BCUT2D eigenvalue weighted by Crippen LogP contribution is -1.80. The molecule has 0 fully saturated rings. The Labute approximate surface area is 78.4 Å². The van der Waals surface area contributed by atoms with Gasteiger partial charge in [-0.15, -0.1) is 11.6 Å². The number of hydrogen-bond acceptors (Lipinski definition) is 3. The number of rotatable bonds is 3. The predicted molar refractivity (Wildman–Crippen MR) is 50.7 cm³/mol. The summed E-state index contributed by atoms with van der Waals surface area (Å²) in [5, 5.41) is 10.4. The minimum absolute atomic E-state index is 0.122. The molecule has 0 amide bonds.